The maximum absolute atomic E-state index is 12.9. The van der Waals surface area contributed by atoms with Crippen molar-refractivity contribution < 1.29 is 14.0 Å². The first-order valence-electron chi connectivity index (χ1n) is 10.4. The van der Waals surface area contributed by atoms with Crippen LogP contribution in [0.4, 0.5) is 4.79 Å². The Labute approximate surface area is 163 Å². The van der Waals surface area contributed by atoms with Crippen LogP contribution in [0.2, 0.25) is 0 Å². The van der Waals surface area contributed by atoms with Crippen molar-refractivity contribution in [1.29, 1.82) is 0 Å². The van der Waals surface area contributed by atoms with E-state index in [0.717, 1.165) is 36.1 Å². The number of carbonyl (C=O) groups is 1. The van der Waals surface area contributed by atoms with E-state index in [1.165, 1.54) is 19.3 Å². The molecule has 2 aliphatic heterocycles. The van der Waals surface area contributed by atoms with Gasteiger partial charge in [0.15, 0.2) is 0 Å². The summed E-state index contributed by atoms with van der Waals surface area (Å²) in [4.78, 5) is 20.7. The van der Waals surface area contributed by atoms with Gasteiger partial charge in [-0.25, -0.2) is 4.79 Å². The lowest BCUT2D eigenvalue weighted by molar-refractivity contribution is -0.140. The molecule has 0 N–H and O–H groups in total. The minimum atomic E-state index is -0.131. The van der Waals surface area contributed by atoms with Crippen molar-refractivity contribution in [3.63, 3.8) is 0 Å². The molecule has 3 heterocycles. The van der Waals surface area contributed by atoms with E-state index in [2.05, 4.69) is 10.2 Å². The number of hydrogen-bond donors (Lipinski definition) is 0. The third-order valence-electron chi connectivity index (χ3n) is 6.97. The lowest BCUT2D eigenvalue weighted by Crippen LogP contribution is -2.34. The summed E-state index contributed by atoms with van der Waals surface area (Å²) in [6.45, 7) is 1.06. The zero-order valence-electron chi connectivity index (χ0n) is 15.7. The first kappa shape index (κ1) is 16.5. The minimum Gasteiger partial charge on any atom is -0.423 e. The highest BCUT2D eigenvalue weighted by molar-refractivity contribution is 5.77. The number of amides is 2. The quantitative estimate of drug-likeness (QED) is 0.792. The normalized spacial score (nSPS) is 33.4. The Hall–Kier alpha value is -2.41. The van der Waals surface area contributed by atoms with Gasteiger partial charge in [-0.2, -0.15) is 5.06 Å². The number of piperidine rings is 1. The van der Waals surface area contributed by atoms with Crippen molar-refractivity contribution in [2.45, 2.75) is 56.7 Å². The third-order valence-corrected chi connectivity index (χ3v) is 6.97. The third kappa shape index (κ3) is 2.56. The lowest BCUT2D eigenvalue weighted by atomic mass is 10.0. The van der Waals surface area contributed by atoms with Gasteiger partial charge in [0.2, 0.25) is 11.8 Å². The Bertz CT molecular complexity index is 875. The molecular formula is C21H24N4O3. The number of urea groups is 1. The SMILES string of the molecule is O=C1N2C[C@@H](CC[C@H]2c2nnc([C@H]3[C@@H]4CCC[C@@H]43)o2)N1OCc1ccccc1. The molecule has 4 aliphatic rings. The summed E-state index contributed by atoms with van der Waals surface area (Å²) in [6, 6.07) is 9.80. The number of fused-ring (bicyclic) bond motifs is 3. The van der Waals surface area contributed by atoms with Crippen molar-refractivity contribution >= 4 is 6.03 Å². The molecule has 2 saturated heterocycles. The van der Waals surface area contributed by atoms with E-state index < -0.39 is 0 Å². The van der Waals surface area contributed by atoms with Crippen molar-refractivity contribution in [3.05, 3.63) is 47.7 Å². The maximum Gasteiger partial charge on any atom is 0.345 e. The zero-order chi connectivity index (χ0) is 18.7. The predicted octanol–water partition coefficient (Wildman–Crippen LogP) is 3.66. The minimum absolute atomic E-state index is 0.0912. The molecule has 6 rings (SSSR count). The number of rotatable bonds is 5. The second-order valence-corrected chi connectivity index (χ2v) is 8.53. The average molecular weight is 380 g/mol. The van der Waals surface area contributed by atoms with Gasteiger partial charge in [-0.05, 0) is 43.1 Å². The molecular weight excluding hydrogens is 356 g/mol. The average Bonchev–Trinajstić information content (AvgIpc) is 3.13. The molecule has 0 unspecified atom stereocenters. The van der Waals surface area contributed by atoms with Gasteiger partial charge in [0, 0.05) is 12.5 Å². The fraction of sp³-hybridized carbons (Fsp3) is 0.571. The molecule has 2 amide bonds. The van der Waals surface area contributed by atoms with E-state index in [4.69, 9.17) is 9.25 Å². The molecule has 0 spiro atoms. The van der Waals surface area contributed by atoms with Gasteiger partial charge in [-0.15, -0.1) is 10.2 Å². The molecule has 146 valence electrons. The summed E-state index contributed by atoms with van der Waals surface area (Å²) in [6.07, 6.45) is 5.62. The second kappa shape index (κ2) is 6.30. The zero-order valence-corrected chi connectivity index (χ0v) is 15.7. The van der Waals surface area contributed by atoms with E-state index in [0.29, 0.717) is 25.0 Å². The molecule has 7 heteroatoms. The smallest absolute Gasteiger partial charge is 0.345 e. The number of hydroxylamine groups is 2. The number of aromatic nitrogens is 2. The standard InChI is InChI=1S/C21H24N4O3/c26-21-24-11-14(25(21)27-12-13-5-2-1-3-6-13)9-10-17(24)19-22-23-20(28-19)18-15-7-4-8-16(15)18/h1-3,5-6,14-18H,4,7-12H2/t14-,15-,16+,17+,18+/m1/s1. The van der Waals surface area contributed by atoms with Crippen LogP contribution < -0.4 is 0 Å². The van der Waals surface area contributed by atoms with E-state index in [1.54, 1.807) is 5.06 Å². The van der Waals surface area contributed by atoms with Crippen LogP contribution in [0, 0.1) is 11.8 Å². The van der Waals surface area contributed by atoms with E-state index in [1.807, 2.05) is 35.2 Å². The summed E-state index contributed by atoms with van der Waals surface area (Å²) >= 11 is 0. The predicted molar refractivity (Wildman–Crippen MR) is 98.8 cm³/mol. The van der Waals surface area contributed by atoms with Crippen LogP contribution in [-0.2, 0) is 11.4 Å². The topological polar surface area (TPSA) is 71.7 Å². The first-order chi connectivity index (χ1) is 13.8. The molecule has 7 nitrogen and oxygen atoms in total. The van der Waals surface area contributed by atoms with Crippen molar-refractivity contribution in [1.82, 2.24) is 20.2 Å². The molecule has 0 radical (unpaired) electrons. The molecule has 2 aliphatic carbocycles. The monoisotopic (exact) mass is 380 g/mol. The van der Waals surface area contributed by atoms with Gasteiger partial charge < -0.3 is 9.32 Å². The van der Waals surface area contributed by atoms with Gasteiger partial charge in [-0.1, -0.05) is 36.8 Å². The van der Waals surface area contributed by atoms with Crippen LogP contribution in [0.1, 0.15) is 61.4 Å². The highest BCUT2D eigenvalue weighted by Crippen LogP contribution is 2.62. The lowest BCUT2D eigenvalue weighted by Gasteiger charge is -2.27. The van der Waals surface area contributed by atoms with Gasteiger partial charge in [0.1, 0.15) is 12.6 Å². The van der Waals surface area contributed by atoms with Gasteiger partial charge in [-0.3, -0.25) is 4.84 Å². The Kier molecular flexibility index (Phi) is 3.72. The fourth-order valence-electron chi connectivity index (χ4n) is 5.48. The summed E-state index contributed by atoms with van der Waals surface area (Å²) in [7, 11) is 0. The van der Waals surface area contributed by atoms with Crippen molar-refractivity contribution in [2.75, 3.05) is 6.54 Å². The number of hydrogen-bond acceptors (Lipinski definition) is 5. The van der Waals surface area contributed by atoms with Crippen LogP contribution in [-0.4, -0.2) is 38.8 Å². The number of nitrogens with zero attached hydrogens (tertiary/aromatic N) is 4. The Morgan fingerprint density at radius 1 is 1.04 bits per heavy atom. The number of carbonyl (C=O) groups excluding carboxylic acids is 1. The molecule has 5 atom stereocenters. The van der Waals surface area contributed by atoms with Crippen molar-refractivity contribution in [3.8, 4) is 0 Å². The Morgan fingerprint density at radius 2 is 1.82 bits per heavy atom. The largest absolute Gasteiger partial charge is 0.423 e. The molecule has 2 bridgehead atoms. The van der Waals surface area contributed by atoms with Crippen molar-refractivity contribution in [2.24, 2.45) is 11.8 Å². The summed E-state index contributed by atoms with van der Waals surface area (Å²) in [5, 5.41) is 10.2. The number of benzene rings is 1. The van der Waals surface area contributed by atoms with Crippen LogP contribution >= 0.6 is 0 Å². The molecule has 2 saturated carbocycles. The van der Waals surface area contributed by atoms with Crippen LogP contribution in [0.3, 0.4) is 0 Å². The maximum atomic E-state index is 12.9. The first-order valence-corrected chi connectivity index (χ1v) is 10.4. The second-order valence-electron chi connectivity index (χ2n) is 8.53. The Morgan fingerprint density at radius 3 is 2.64 bits per heavy atom. The molecule has 4 fully saturated rings. The van der Waals surface area contributed by atoms with Crippen LogP contribution in [0.25, 0.3) is 0 Å². The highest BCUT2D eigenvalue weighted by Gasteiger charge is 2.56. The van der Waals surface area contributed by atoms with E-state index >= 15 is 0 Å². The highest BCUT2D eigenvalue weighted by atomic mass is 16.7. The van der Waals surface area contributed by atoms with Crippen LogP contribution in [0.15, 0.2) is 34.7 Å². The Balaban J connectivity index is 1.15. The molecule has 28 heavy (non-hydrogen) atoms. The van der Waals surface area contributed by atoms with Gasteiger partial charge in [0.25, 0.3) is 0 Å². The molecule has 1 aromatic carbocycles. The summed E-state index contributed by atoms with van der Waals surface area (Å²) < 4.78 is 6.07. The van der Waals surface area contributed by atoms with Gasteiger partial charge in [0.05, 0.1) is 6.04 Å². The molecule has 2 aromatic rings. The van der Waals surface area contributed by atoms with Gasteiger partial charge >= 0.3 is 6.03 Å². The van der Waals surface area contributed by atoms with Crippen LogP contribution in [0.5, 0.6) is 0 Å². The fourth-order valence-corrected chi connectivity index (χ4v) is 5.48. The summed E-state index contributed by atoms with van der Waals surface area (Å²) in [5.74, 6) is 3.34. The van der Waals surface area contributed by atoms with E-state index in [9.17, 15) is 4.79 Å². The molecule has 1 aromatic heterocycles. The summed E-state index contributed by atoms with van der Waals surface area (Å²) in [5.41, 5.74) is 1.06. The van der Waals surface area contributed by atoms with E-state index in [-0.39, 0.29) is 18.1 Å².